The van der Waals surface area contributed by atoms with Crippen molar-refractivity contribution < 1.29 is 28.3 Å². The van der Waals surface area contributed by atoms with Crippen LogP contribution in [0.5, 0.6) is 0 Å². The number of carboxylic acids is 1. The van der Waals surface area contributed by atoms with Crippen LogP contribution < -0.4 is 0 Å². The van der Waals surface area contributed by atoms with Gasteiger partial charge >= 0.3 is 5.97 Å². The van der Waals surface area contributed by atoms with Gasteiger partial charge < -0.3 is 14.9 Å². The SMILES string of the molecule is O=C(O)CCCCC(=O)N1CCN(C(=O)c2c(F)cccc2F)CC1. The molecule has 1 N–H and O–H groups in total. The molecular weight excluding hydrogens is 334 g/mol. The highest BCUT2D eigenvalue weighted by Crippen LogP contribution is 2.16. The summed E-state index contributed by atoms with van der Waals surface area (Å²) < 4.78 is 27.4. The average molecular weight is 354 g/mol. The minimum atomic E-state index is -0.901. The van der Waals surface area contributed by atoms with Gasteiger partial charge in [0, 0.05) is 39.0 Å². The van der Waals surface area contributed by atoms with Gasteiger partial charge in [0.05, 0.1) is 0 Å². The van der Waals surface area contributed by atoms with Crippen LogP contribution in [0.2, 0.25) is 0 Å². The summed E-state index contributed by atoms with van der Waals surface area (Å²) in [5, 5.41) is 8.56. The maximum absolute atomic E-state index is 13.7. The largest absolute Gasteiger partial charge is 0.481 e. The van der Waals surface area contributed by atoms with Crippen molar-refractivity contribution in [2.75, 3.05) is 26.2 Å². The third-order valence-corrected chi connectivity index (χ3v) is 4.13. The summed E-state index contributed by atoms with van der Waals surface area (Å²) in [5.74, 6) is -3.51. The topological polar surface area (TPSA) is 77.9 Å². The molecule has 1 aliphatic rings. The summed E-state index contributed by atoms with van der Waals surface area (Å²) in [7, 11) is 0. The fourth-order valence-electron chi connectivity index (χ4n) is 2.73. The number of aliphatic carboxylic acids is 1. The van der Waals surface area contributed by atoms with E-state index in [0.29, 0.717) is 25.9 Å². The number of unbranched alkanes of at least 4 members (excludes halogenated alkanes) is 1. The quantitative estimate of drug-likeness (QED) is 0.792. The zero-order chi connectivity index (χ0) is 18.4. The third-order valence-electron chi connectivity index (χ3n) is 4.13. The number of carbonyl (C=O) groups is 3. The van der Waals surface area contributed by atoms with E-state index < -0.39 is 29.1 Å². The fraction of sp³-hybridized carbons (Fsp3) is 0.471. The molecule has 1 saturated heterocycles. The number of rotatable bonds is 6. The standard InChI is InChI=1S/C17H20F2N2O4/c18-12-4-3-5-13(19)16(12)17(25)21-10-8-20(9-11-21)14(22)6-1-2-7-15(23)24/h3-5H,1-2,6-11H2,(H,23,24). The smallest absolute Gasteiger partial charge is 0.303 e. The molecule has 0 aromatic heterocycles. The van der Waals surface area contributed by atoms with Gasteiger partial charge in [0.2, 0.25) is 5.91 Å². The number of halogens is 2. The Labute approximate surface area is 144 Å². The maximum Gasteiger partial charge on any atom is 0.303 e. The second-order valence-corrected chi connectivity index (χ2v) is 5.87. The Bertz CT molecular complexity index is 638. The highest BCUT2D eigenvalue weighted by molar-refractivity contribution is 5.95. The molecule has 1 aromatic rings. The van der Waals surface area contributed by atoms with Gasteiger partial charge in [-0.2, -0.15) is 0 Å². The summed E-state index contributed by atoms with van der Waals surface area (Å²) in [4.78, 5) is 37.7. The zero-order valence-corrected chi connectivity index (χ0v) is 13.7. The molecule has 0 saturated carbocycles. The Morgan fingerprint density at radius 1 is 0.920 bits per heavy atom. The van der Waals surface area contributed by atoms with Crippen LogP contribution in [-0.4, -0.2) is 58.9 Å². The Morgan fingerprint density at radius 3 is 2.00 bits per heavy atom. The van der Waals surface area contributed by atoms with E-state index in [0.717, 1.165) is 12.1 Å². The van der Waals surface area contributed by atoms with E-state index in [-0.39, 0.29) is 31.8 Å². The number of piperazine rings is 1. The van der Waals surface area contributed by atoms with Gasteiger partial charge in [-0.3, -0.25) is 14.4 Å². The molecule has 0 aliphatic carbocycles. The summed E-state index contributed by atoms with van der Waals surface area (Å²) in [6.45, 7) is 0.986. The summed E-state index contributed by atoms with van der Waals surface area (Å²) in [6, 6.07) is 3.27. The van der Waals surface area contributed by atoms with Crippen molar-refractivity contribution in [1.82, 2.24) is 9.80 Å². The van der Waals surface area contributed by atoms with E-state index in [4.69, 9.17) is 5.11 Å². The number of amides is 2. The van der Waals surface area contributed by atoms with Crippen LogP contribution >= 0.6 is 0 Å². The summed E-state index contributed by atoms with van der Waals surface area (Å²) in [6.07, 6.45) is 1.21. The molecule has 8 heteroatoms. The molecular formula is C17H20F2N2O4. The first-order chi connectivity index (χ1) is 11.9. The third kappa shape index (κ3) is 4.98. The van der Waals surface area contributed by atoms with E-state index in [9.17, 15) is 23.2 Å². The van der Waals surface area contributed by atoms with Crippen molar-refractivity contribution >= 4 is 17.8 Å². The van der Waals surface area contributed by atoms with Gasteiger partial charge in [-0.1, -0.05) is 6.07 Å². The first-order valence-corrected chi connectivity index (χ1v) is 8.13. The van der Waals surface area contributed by atoms with Crippen molar-refractivity contribution in [2.45, 2.75) is 25.7 Å². The number of nitrogens with zero attached hydrogens (tertiary/aromatic N) is 2. The van der Waals surface area contributed by atoms with E-state index in [1.54, 1.807) is 4.90 Å². The second-order valence-electron chi connectivity index (χ2n) is 5.87. The normalized spacial score (nSPS) is 14.5. The number of benzene rings is 1. The predicted molar refractivity (Wildman–Crippen MR) is 84.9 cm³/mol. The molecule has 0 atom stereocenters. The van der Waals surface area contributed by atoms with Crippen LogP contribution in [-0.2, 0) is 9.59 Å². The number of carbonyl (C=O) groups excluding carboxylic acids is 2. The lowest BCUT2D eigenvalue weighted by atomic mass is 10.1. The van der Waals surface area contributed by atoms with E-state index in [1.165, 1.54) is 11.0 Å². The highest BCUT2D eigenvalue weighted by atomic mass is 19.1. The van der Waals surface area contributed by atoms with Crippen LogP contribution in [0.1, 0.15) is 36.0 Å². The van der Waals surface area contributed by atoms with Crippen LogP contribution in [0, 0.1) is 11.6 Å². The molecule has 1 heterocycles. The maximum atomic E-state index is 13.7. The van der Waals surface area contributed by atoms with Gasteiger partial charge in [0.25, 0.3) is 5.91 Å². The molecule has 2 amide bonds. The van der Waals surface area contributed by atoms with Crippen LogP contribution in [0.25, 0.3) is 0 Å². The van der Waals surface area contributed by atoms with Gasteiger partial charge in [-0.05, 0) is 25.0 Å². The number of carboxylic acid groups (broad SMARTS) is 1. The predicted octanol–water partition coefficient (Wildman–Crippen LogP) is 1.89. The van der Waals surface area contributed by atoms with E-state index in [1.807, 2.05) is 0 Å². The first kappa shape index (κ1) is 18.8. The van der Waals surface area contributed by atoms with Gasteiger partial charge in [0.15, 0.2) is 0 Å². The molecule has 1 aliphatic heterocycles. The first-order valence-electron chi connectivity index (χ1n) is 8.13. The Morgan fingerprint density at radius 2 is 1.44 bits per heavy atom. The lowest BCUT2D eigenvalue weighted by Crippen LogP contribution is -2.50. The minimum Gasteiger partial charge on any atom is -0.481 e. The minimum absolute atomic E-state index is 0.0315. The van der Waals surface area contributed by atoms with E-state index in [2.05, 4.69) is 0 Å². The number of hydrogen-bond donors (Lipinski definition) is 1. The Balaban J connectivity index is 1.84. The molecule has 2 rings (SSSR count). The van der Waals surface area contributed by atoms with Crippen LogP contribution in [0.15, 0.2) is 18.2 Å². The molecule has 6 nitrogen and oxygen atoms in total. The lowest BCUT2D eigenvalue weighted by molar-refractivity contribution is -0.137. The van der Waals surface area contributed by atoms with Gasteiger partial charge in [-0.25, -0.2) is 8.78 Å². The van der Waals surface area contributed by atoms with Crippen molar-refractivity contribution in [3.63, 3.8) is 0 Å². The summed E-state index contributed by atoms with van der Waals surface area (Å²) in [5.41, 5.74) is -0.573. The molecule has 0 unspecified atom stereocenters. The molecule has 0 radical (unpaired) electrons. The monoisotopic (exact) mass is 354 g/mol. The van der Waals surface area contributed by atoms with Gasteiger partial charge in [-0.15, -0.1) is 0 Å². The molecule has 1 aromatic carbocycles. The van der Waals surface area contributed by atoms with Crippen molar-refractivity contribution in [1.29, 1.82) is 0 Å². The zero-order valence-electron chi connectivity index (χ0n) is 13.7. The molecule has 25 heavy (non-hydrogen) atoms. The molecule has 1 fully saturated rings. The second kappa shape index (κ2) is 8.55. The highest BCUT2D eigenvalue weighted by Gasteiger charge is 2.27. The van der Waals surface area contributed by atoms with Crippen molar-refractivity contribution in [2.24, 2.45) is 0 Å². The van der Waals surface area contributed by atoms with Crippen molar-refractivity contribution in [3.8, 4) is 0 Å². The van der Waals surface area contributed by atoms with Gasteiger partial charge in [0.1, 0.15) is 17.2 Å². The molecule has 0 bridgehead atoms. The Hall–Kier alpha value is -2.51. The van der Waals surface area contributed by atoms with Crippen LogP contribution in [0.3, 0.4) is 0 Å². The Kier molecular flexibility index (Phi) is 6.44. The van der Waals surface area contributed by atoms with E-state index >= 15 is 0 Å². The van der Waals surface area contributed by atoms with Crippen molar-refractivity contribution in [3.05, 3.63) is 35.4 Å². The molecule has 0 spiro atoms. The summed E-state index contributed by atoms with van der Waals surface area (Å²) >= 11 is 0. The molecule has 136 valence electrons. The average Bonchev–Trinajstić information content (AvgIpc) is 2.58. The van der Waals surface area contributed by atoms with Crippen LogP contribution in [0.4, 0.5) is 8.78 Å². The fourth-order valence-corrected chi connectivity index (χ4v) is 2.73. The number of hydrogen-bond acceptors (Lipinski definition) is 3. The lowest BCUT2D eigenvalue weighted by Gasteiger charge is -2.35.